The van der Waals surface area contributed by atoms with Gasteiger partial charge in [-0.2, -0.15) is 0 Å². The van der Waals surface area contributed by atoms with Gasteiger partial charge in [0.1, 0.15) is 11.6 Å². The molecule has 17 heavy (non-hydrogen) atoms. The van der Waals surface area contributed by atoms with Crippen molar-refractivity contribution in [2.45, 2.75) is 6.42 Å². The molecule has 0 bridgehead atoms. The first-order valence-electron chi connectivity index (χ1n) is 5.45. The van der Waals surface area contributed by atoms with E-state index in [4.69, 9.17) is 10.5 Å². The van der Waals surface area contributed by atoms with Gasteiger partial charge in [-0.05, 0) is 12.1 Å². The number of nitrogens with zero attached hydrogens (tertiary/aromatic N) is 1. The Bertz CT molecular complexity index is 467. The number of nitrogen functional groups attached to an aromatic ring is 1. The van der Waals surface area contributed by atoms with Gasteiger partial charge in [-0.25, -0.2) is 4.98 Å². The summed E-state index contributed by atoms with van der Waals surface area (Å²) in [5, 5.41) is 3.29. The zero-order valence-electron chi connectivity index (χ0n) is 9.73. The number of methoxy groups -OCH3 is 1. The molecule has 4 N–H and O–H groups in total. The van der Waals surface area contributed by atoms with Gasteiger partial charge in [-0.3, -0.25) is 0 Å². The highest BCUT2D eigenvalue weighted by Gasteiger charge is 2.01. The lowest BCUT2D eigenvalue weighted by atomic mass is 10.2. The van der Waals surface area contributed by atoms with Crippen LogP contribution in [0.5, 0.6) is 5.75 Å². The van der Waals surface area contributed by atoms with Crippen molar-refractivity contribution in [3.8, 4) is 5.75 Å². The molecule has 0 amide bonds. The zero-order valence-corrected chi connectivity index (χ0v) is 9.73. The molecule has 0 aliphatic carbocycles. The molecule has 5 heteroatoms. The van der Waals surface area contributed by atoms with Crippen molar-refractivity contribution in [3.05, 3.63) is 36.4 Å². The van der Waals surface area contributed by atoms with E-state index < -0.39 is 0 Å². The van der Waals surface area contributed by atoms with Gasteiger partial charge in [-0.1, -0.05) is 0 Å². The van der Waals surface area contributed by atoms with E-state index in [1.807, 2.05) is 24.4 Å². The number of H-pyrrole nitrogens is 1. The summed E-state index contributed by atoms with van der Waals surface area (Å²) in [6.45, 7) is 0.806. The van der Waals surface area contributed by atoms with Gasteiger partial charge in [0.2, 0.25) is 0 Å². The Kier molecular flexibility index (Phi) is 3.49. The average Bonchev–Trinajstić information content (AvgIpc) is 2.84. The molecule has 0 aliphatic rings. The van der Waals surface area contributed by atoms with E-state index in [0.29, 0.717) is 11.4 Å². The highest BCUT2D eigenvalue weighted by Crippen LogP contribution is 2.24. The fourth-order valence-electron chi connectivity index (χ4n) is 1.58. The summed E-state index contributed by atoms with van der Waals surface area (Å²) in [7, 11) is 1.61. The maximum Gasteiger partial charge on any atom is 0.143 e. The van der Waals surface area contributed by atoms with Gasteiger partial charge in [0.15, 0.2) is 0 Å². The predicted octanol–water partition coefficient (Wildman–Crippen LogP) is 1.66. The summed E-state index contributed by atoms with van der Waals surface area (Å²) in [6, 6.07) is 5.64. The van der Waals surface area contributed by atoms with Crippen LogP contribution in [0.4, 0.5) is 11.4 Å². The van der Waals surface area contributed by atoms with E-state index in [1.165, 1.54) is 0 Å². The fraction of sp³-hybridized carbons (Fsp3) is 0.250. The van der Waals surface area contributed by atoms with E-state index in [1.54, 1.807) is 13.3 Å². The Balaban J connectivity index is 1.90. The number of aromatic amines is 1. The van der Waals surface area contributed by atoms with Crippen LogP contribution in [0.25, 0.3) is 0 Å². The molecule has 0 saturated carbocycles. The third kappa shape index (κ3) is 2.90. The topological polar surface area (TPSA) is 76.0 Å². The molecule has 0 spiro atoms. The van der Waals surface area contributed by atoms with Crippen LogP contribution in [0.2, 0.25) is 0 Å². The predicted molar refractivity (Wildman–Crippen MR) is 68.2 cm³/mol. The molecule has 2 aromatic rings. The number of ether oxygens (including phenoxy) is 1. The van der Waals surface area contributed by atoms with Gasteiger partial charge in [0, 0.05) is 37.1 Å². The Labute approximate surface area is 100 Å². The van der Waals surface area contributed by atoms with Crippen LogP contribution < -0.4 is 15.8 Å². The number of benzene rings is 1. The largest absolute Gasteiger partial charge is 0.495 e. The minimum absolute atomic E-state index is 0.643. The maximum absolute atomic E-state index is 5.74. The number of rotatable bonds is 5. The van der Waals surface area contributed by atoms with Crippen LogP contribution in [0.15, 0.2) is 30.6 Å². The number of anilines is 2. The zero-order chi connectivity index (χ0) is 12.1. The maximum atomic E-state index is 5.74. The third-order valence-corrected chi connectivity index (χ3v) is 2.48. The van der Waals surface area contributed by atoms with Crippen molar-refractivity contribution in [1.29, 1.82) is 0 Å². The summed E-state index contributed by atoms with van der Waals surface area (Å²) in [6.07, 6.45) is 4.42. The first kappa shape index (κ1) is 11.3. The second kappa shape index (κ2) is 5.25. The number of aromatic nitrogens is 2. The van der Waals surface area contributed by atoms with E-state index in [9.17, 15) is 0 Å². The second-order valence-corrected chi connectivity index (χ2v) is 3.67. The number of nitrogens with one attached hydrogen (secondary N) is 2. The first-order chi connectivity index (χ1) is 8.29. The lowest BCUT2D eigenvalue weighted by Crippen LogP contribution is -2.06. The Hall–Kier alpha value is -2.17. The lowest BCUT2D eigenvalue weighted by molar-refractivity contribution is 0.417. The molecular weight excluding hydrogens is 216 g/mol. The van der Waals surface area contributed by atoms with E-state index in [-0.39, 0.29) is 0 Å². The van der Waals surface area contributed by atoms with E-state index in [2.05, 4.69) is 15.3 Å². The molecule has 1 heterocycles. The molecule has 0 fully saturated rings. The highest BCUT2D eigenvalue weighted by molar-refractivity contribution is 5.61. The molecule has 0 saturated heterocycles. The van der Waals surface area contributed by atoms with Crippen molar-refractivity contribution in [2.75, 3.05) is 24.7 Å². The SMILES string of the molecule is COc1cc(NCCc2ncc[nH]2)ccc1N. The van der Waals surface area contributed by atoms with Gasteiger partial charge in [0.05, 0.1) is 12.8 Å². The molecule has 1 aromatic carbocycles. The van der Waals surface area contributed by atoms with Crippen LogP contribution in [0, 0.1) is 0 Å². The molecule has 0 unspecified atom stereocenters. The molecule has 1 aromatic heterocycles. The molecular formula is C12H16N4O. The molecule has 0 radical (unpaired) electrons. The Morgan fingerprint density at radius 2 is 2.35 bits per heavy atom. The van der Waals surface area contributed by atoms with Crippen molar-refractivity contribution < 1.29 is 4.74 Å². The van der Waals surface area contributed by atoms with Crippen LogP contribution in [0.1, 0.15) is 5.82 Å². The van der Waals surface area contributed by atoms with Gasteiger partial charge in [-0.15, -0.1) is 0 Å². The van der Waals surface area contributed by atoms with Gasteiger partial charge >= 0.3 is 0 Å². The van der Waals surface area contributed by atoms with E-state index >= 15 is 0 Å². The minimum Gasteiger partial charge on any atom is -0.495 e. The van der Waals surface area contributed by atoms with Crippen molar-refractivity contribution in [1.82, 2.24) is 9.97 Å². The van der Waals surface area contributed by atoms with Crippen molar-refractivity contribution in [3.63, 3.8) is 0 Å². The van der Waals surface area contributed by atoms with Crippen molar-refractivity contribution >= 4 is 11.4 Å². The summed E-state index contributed by atoms with van der Waals surface area (Å²) >= 11 is 0. The summed E-state index contributed by atoms with van der Waals surface area (Å²) < 4.78 is 5.15. The normalized spacial score (nSPS) is 10.2. The minimum atomic E-state index is 0.643. The lowest BCUT2D eigenvalue weighted by Gasteiger charge is -2.09. The Morgan fingerprint density at radius 3 is 3.06 bits per heavy atom. The molecule has 90 valence electrons. The van der Waals surface area contributed by atoms with Gasteiger partial charge in [0.25, 0.3) is 0 Å². The van der Waals surface area contributed by atoms with Crippen LogP contribution in [-0.2, 0) is 6.42 Å². The number of nitrogens with two attached hydrogens (primary N) is 1. The number of imidazole rings is 1. The number of hydrogen-bond donors (Lipinski definition) is 3. The van der Waals surface area contributed by atoms with Crippen LogP contribution in [-0.4, -0.2) is 23.6 Å². The summed E-state index contributed by atoms with van der Waals surface area (Å²) in [4.78, 5) is 7.21. The van der Waals surface area contributed by atoms with Gasteiger partial charge < -0.3 is 20.8 Å². The monoisotopic (exact) mass is 232 g/mol. The van der Waals surface area contributed by atoms with Crippen molar-refractivity contribution in [2.24, 2.45) is 0 Å². The van der Waals surface area contributed by atoms with E-state index in [0.717, 1.165) is 24.5 Å². The summed E-state index contributed by atoms with van der Waals surface area (Å²) in [5.41, 5.74) is 7.37. The third-order valence-electron chi connectivity index (χ3n) is 2.48. The highest BCUT2D eigenvalue weighted by atomic mass is 16.5. The smallest absolute Gasteiger partial charge is 0.143 e. The number of hydrogen-bond acceptors (Lipinski definition) is 4. The molecule has 0 atom stereocenters. The second-order valence-electron chi connectivity index (χ2n) is 3.67. The van der Waals surface area contributed by atoms with Crippen LogP contribution in [0.3, 0.4) is 0 Å². The average molecular weight is 232 g/mol. The molecule has 0 aliphatic heterocycles. The fourth-order valence-corrected chi connectivity index (χ4v) is 1.58. The quantitative estimate of drug-likeness (QED) is 0.685. The molecule has 5 nitrogen and oxygen atoms in total. The molecule has 2 rings (SSSR count). The first-order valence-corrected chi connectivity index (χ1v) is 5.45. The van der Waals surface area contributed by atoms with Crippen LogP contribution >= 0.6 is 0 Å². The Morgan fingerprint density at radius 1 is 1.47 bits per heavy atom. The summed E-state index contributed by atoms with van der Waals surface area (Å²) in [5.74, 6) is 1.66. The standard InChI is InChI=1S/C12H16N4O/c1-17-11-8-9(2-3-10(11)13)14-5-4-12-15-6-7-16-12/h2-3,6-8,14H,4-5,13H2,1H3,(H,15,16).